The highest BCUT2D eigenvalue weighted by atomic mass is 32.2. The number of hydrogen-bond acceptors (Lipinski definition) is 5. The van der Waals surface area contributed by atoms with Crippen LogP contribution in [0.3, 0.4) is 0 Å². The van der Waals surface area contributed by atoms with Gasteiger partial charge >= 0.3 is 0 Å². The Morgan fingerprint density at radius 1 is 1.42 bits per heavy atom. The van der Waals surface area contributed by atoms with Crippen LogP contribution >= 0.6 is 0 Å². The Hall–Kier alpha value is -2.37. The smallest absolute Gasteiger partial charge is 0.252 e. The van der Waals surface area contributed by atoms with Gasteiger partial charge in [-0.2, -0.15) is 0 Å². The number of ether oxygens (including phenoxy) is 1. The molecule has 1 aliphatic heterocycles. The van der Waals surface area contributed by atoms with Gasteiger partial charge in [0.05, 0.1) is 35.5 Å². The summed E-state index contributed by atoms with van der Waals surface area (Å²) in [6, 6.07) is 1.91. The summed E-state index contributed by atoms with van der Waals surface area (Å²) >= 11 is 0. The predicted octanol–water partition coefficient (Wildman–Crippen LogP) is 3.20. The number of nitrogens with zero attached hydrogens (tertiary/aromatic N) is 3. The number of alkyl halides is 2. The van der Waals surface area contributed by atoms with E-state index in [1.165, 1.54) is 0 Å². The van der Waals surface area contributed by atoms with E-state index in [-0.39, 0.29) is 24.7 Å². The number of rotatable bonds is 9. The molecule has 0 saturated carbocycles. The van der Waals surface area contributed by atoms with Gasteiger partial charge in [-0.3, -0.25) is 4.40 Å². The van der Waals surface area contributed by atoms with Gasteiger partial charge < -0.3 is 9.72 Å². The maximum Gasteiger partial charge on any atom is 0.252 e. The molecule has 1 fully saturated rings. The monoisotopic (exact) mass is 453 g/mol. The Labute approximate surface area is 178 Å². The summed E-state index contributed by atoms with van der Waals surface area (Å²) in [5, 5.41) is 0. The fourth-order valence-corrected chi connectivity index (χ4v) is 5.16. The summed E-state index contributed by atoms with van der Waals surface area (Å²) < 4.78 is 62.0. The first kappa shape index (κ1) is 21.8. The molecule has 11 heteroatoms. The molecule has 168 valence electrons. The Kier molecular flexibility index (Phi) is 5.84. The van der Waals surface area contributed by atoms with Crippen LogP contribution in [-0.2, 0) is 14.8 Å². The van der Waals surface area contributed by atoms with Crippen molar-refractivity contribution in [1.82, 2.24) is 24.1 Å². The molecule has 4 rings (SSSR count). The molecule has 2 N–H and O–H groups in total. The molecule has 0 aromatic carbocycles. The first-order chi connectivity index (χ1) is 14.7. The number of imidazole rings is 1. The summed E-state index contributed by atoms with van der Waals surface area (Å²) in [7, 11) is -3.84. The van der Waals surface area contributed by atoms with Crippen molar-refractivity contribution in [2.24, 2.45) is 5.92 Å². The lowest BCUT2D eigenvalue weighted by Crippen LogP contribution is -2.35. The van der Waals surface area contributed by atoms with Gasteiger partial charge in [-0.05, 0) is 18.4 Å². The van der Waals surface area contributed by atoms with E-state index < -0.39 is 34.5 Å². The van der Waals surface area contributed by atoms with Gasteiger partial charge in [-0.25, -0.2) is 31.9 Å². The molecule has 0 amide bonds. The lowest BCUT2D eigenvalue weighted by Gasteiger charge is -2.17. The van der Waals surface area contributed by atoms with Crippen molar-refractivity contribution in [3.05, 3.63) is 43.0 Å². The maximum absolute atomic E-state index is 13.6. The Bertz CT molecular complexity index is 1190. The zero-order valence-corrected chi connectivity index (χ0v) is 17.9. The van der Waals surface area contributed by atoms with Crippen LogP contribution in [-0.4, -0.2) is 52.1 Å². The highest BCUT2D eigenvalue weighted by Crippen LogP contribution is 2.38. The summed E-state index contributed by atoms with van der Waals surface area (Å²) in [5.41, 5.74) is 3.17. The van der Waals surface area contributed by atoms with E-state index in [1.807, 2.05) is 17.4 Å². The molecular weight excluding hydrogens is 428 g/mol. The van der Waals surface area contributed by atoms with Gasteiger partial charge in [0.2, 0.25) is 10.0 Å². The third-order valence-electron chi connectivity index (χ3n) is 5.56. The van der Waals surface area contributed by atoms with Gasteiger partial charge in [0.25, 0.3) is 5.92 Å². The molecule has 1 saturated heterocycles. The lowest BCUT2D eigenvalue weighted by atomic mass is 10.00. The van der Waals surface area contributed by atoms with Crippen molar-refractivity contribution in [2.45, 2.75) is 44.3 Å². The second kappa shape index (κ2) is 8.29. The van der Waals surface area contributed by atoms with Crippen molar-refractivity contribution >= 4 is 26.8 Å². The van der Waals surface area contributed by atoms with E-state index in [1.54, 1.807) is 18.6 Å². The molecule has 3 atom stereocenters. The van der Waals surface area contributed by atoms with Crippen LogP contribution in [0.5, 0.6) is 0 Å². The molecule has 0 bridgehead atoms. The zero-order valence-electron chi connectivity index (χ0n) is 17.1. The Balaban J connectivity index is 1.42. The largest absolute Gasteiger partial charge is 0.367 e. The molecular formula is C20H25F2N5O3S. The van der Waals surface area contributed by atoms with Crippen molar-refractivity contribution in [2.75, 3.05) is 12.3 Å². The van der Waals surface area contributed by atoms with Gasteiger partial charge in [-0.1, -0.05) is 13.0 Å². The molecule has 4 heterocycles. The fraction of sp³-hybridized carbons (Fsp3) is 0.500. The highest BCUT2D eigenvalue weighted by molar-refractivity contribution is 7.89. The second-order valence-electron chi connectivity index (χ2n) is 8.00. The van der Waals surface area contributed by atoms with E-state index in [4.69, 9.17) is 4.74 Å². The van der Waals surface area contributed by atoms with Crippen molar-refractivity contribution < 1.29 is 21.9 Å². The molecule has 1 aliphatic rings. The zero-order chi connectivity index (χ0) is 22.2. The van der Waals surface area contributed by atoms with E-state index in [0.29, 0.717) is 12.1 Å². The number of nitrogens with one attached hydrogen (secondary N) is 2. The summed E-state index contributed by atoms with van der Waals surface area (Å²) in [6.07, 6.45) is 5.02. The number of aromatic nitrogens is 4. The summed E-state index contributed by atoms with van der Waals surface area (Å²) in [6.45, 7) is 5.34. The van der Waals surface area contributed by atoms with Crippen molar-refractivity contribution in [3.63, 3.8) is 0 Å². The summed E-state index contributed by atoms with van der Waals surface area (Å²) in [4.78, 5) is 11.8. The topological polar surface area (TPSA) is 101 Å². The number of H-pyrrole nitrogens is 1. The standard InChI is InChI=1S/C20H25F2N5O3S/c1-3-5-20(21,22)6-8-31(28,29)26-10-14-9-13(2)18(30-14)16-11-24-17-12-25-19-15(27(16)17)4-7-23-19/h3-4,7,11-14,18,23,26H,1,5-6,8-10H2,2H3/t13-,14-,18+/m0/s1. The minimum atomic E-state index is -3.84. The minimum Gasteiger partial charge on any atom is -0.367 e. The molecule has 0 unspecified atom stereocenters. The van der Waals surface area contributed by atoms with E-state index >= 15 is 0 Å². The van der Waals surface area contributed by atoms with Crippen molar-refractivity contribution in [3.8, 4) is 0 Å². The van der Waals surface area contributed by atoms with E-state index in [2.05, 4.69) is 26.3 Å². The van der Waals surface area contributed by atoms with Crippen LogP contribution in [0.15, 0.2) is 37.3 Å². The highest BCUT2D eigenvalue weighted by Gasteiger charge is 2.36. The van der Waals surface area contributed by atoms with Crippen LogP contribution in [0.1, 0.15) is 38.0 Å². The average molecular weight is 454 g/mol. The van der Waals surface area contributed by atoms with Gasteiger partial charge in [-0.15, -0.1) is 6.58 Å². The minimum absolute atomic E-state index is 0.0358. The molecule has 0 radical (unpaired) electrons. The SMILES string of the molecule is C=CCC(F)(F)CCS(=O)(=O)NC[C@@H]1C[C@H](C)[C@H](c2cnc3cnc4[nH]ccc4n23)O1. The molecule has 3 aromatic heterocycles. The van der Waals surface area contributed by atoms with E-state index in [9.17, 15) is 17.2 Å². The first-order valence-corrected chi connectivity index (χ1v) is 11.8. The molecule has 8 nitrogen and oxygen atoms in total. The second-order valence-corrected chi connectivity index (χ2v) is 9.93. The van der Waals surface area contributed by atoms with Crippen LogP contribution in [0.2, 0.25) is 0 Å². The van der Waals surface area contributed by atoms with Gasteiger partial charge in [0.1, 0.15) is 6.10 Å². The maximum atomic E-state index is 13.6. The predicted molar refractivity (Wildman–Crippen MR) is 112 cm³/mol. The quantitative estimate of drug-likeness (QED) is 0.485. The number of halogens is 2. The van der Waals surface area contributed by atoms with Crippen molar-refractivity contribution in [1.29, 1.82) is 0 Å². The Morgan fingerprint density at radius 3 is 3.00 bits per heavy atom. The number of hydrogen-bond donors (Lipinski definition) is 2. The number of aromatic amines is 1. The van der Waals surface area contributed by atoms with E-state index in [0.717, 1.165) is 22.9 Å². The average Bonchev–Trinajstić information content (AvgIpc) is 3.42. The number of sulfonamides is 1. The first-order valence-electron chi connectivity index (χ1n) is 10.1. The van der Waals surface area contributed by atoms with Crippen LogP contribution < -0.4 is 4.72 Å². The number of allylic oxidation sites excluding steroid dienone is 1. The Morgan fingerprint density at radius 2 is 2.23 bits per heavy atom. The number of fused-ring (bicyclic) bond motifs is 3. The lowest BCUT2D eigenvalue weighted by molar-refractivity contribution is 0.00134. The van der Waals surface area contributed by atoms with Crippen LogP contribution in [0.25, 0.3) is 16.8 Å². The third-order valence-corrected chi connectivity index (χ3v) is 6.91. The molecule has 31 heavy (non-hydrogen) atoms. The van der Waals surface area contributed by atoms with Crippen LogP contribution in [0.4, 0.5) is 8.78 Å². The normalized spacial score (nSPS) is 22.5. The summed E-state index contributed by atoms with van der Waals surface area (Å²) in [5.74, 6) is -3.61. The molecule has 0 spiro atoms. The third kappa shape index (κ3) is 4.63. The molecule has 3 aromatic rings. The molecule has 0 aliphatic carbocycles. The van der Waals surface area contributed by atoms with Gasteiger partial charge in [0.15, 0.2) is 11.3 Å². The van der Waals surface area contributed by atoms with Gasteiger partial charge in [0, 0.05) is 25.6 Å². The van der Waals surface area contributed by atoms with Crippen LogP contribution in [0, 0.1) is 5.92 Å². The fourth-order valence-electron chi connectivity index (χ4n) is 4.01.